The van der Waals surface area contributed by atoms with Gasteiger partial charge in [-0.3, -0.25) is 4.79 Å². The Balaban J connectivity index is 1.60. The zero-order chi connectivity index (χ0) is 30.2. The van der Waals surface area contributed by atoms with Crippen molar-refractivity contribution in [2.75, 3.05) is 13.2 Å². The maximum atomic E-state index is 14.5. The Morgan fingerprint density at radius 2 is 1.81 bits per heavy atom. The number of aliphatic imine (C=N–C) groups is 1. The summed E-state index contributed by atoms with van der Waals surface area (Å²) in [6.45, 7) is 0.434. The van der Waals surface area contributed by atoms with Gasteiger partial charge in [-0.2, -0.15) is 0 Å². The Hall–Kier alpha value is -3.89. The Morgan fingerprint density at radius 1 is 1.09 bits per heavy atom. The summed E-state index contributed by atoms with van der Waals surface area (Å²) in [4.78, 5) is 22.6. The van der Waals surface area contributed by atoms with Crippen molar-refractivity contribution in [2.24, 2.45) is 10.1 Å². The van der Waals surface area contributed by atoms with Crippen molar-refractivity contribution in [3.8, 4) is 5.75 Å². The van der Waals surface area contributed by atoms with Crippen LogP contribution in [0.1, 0.15) is 54.9 Å². The first kappa shape index (κ1) is 30.6. The van der Waals surface area contributed by atoms with E-state index in [0.717, 1.165) is 10.0 Å². The lowest BCUT2D eigenvalue weighted by atomic mass is 9.81. The van der Waals surface area contributed by atoms with Gasteiger partial charge in [0, 0.05) is 51.7 Å². The van der Waals surface area contributed by atoms with Crippen molar-refractivity contribution < 1.29 is 24.5 Å². The maximum Gasteiger partial charge on any atom is 0.252 e. The molecule has 1 aliphatic heterocycles. The maximum absolute atomic E-state index is 14.5. The lowest BCUT2D eigenvalue weighted by Crippen LogP contribution is -2.53. The predicted molar refractivity (Wildman–Crippen MR) is 166 cm³/mol. The molecule has 1 aliphatic carbocycles. The van der Waals surface area contributed by atoms with Crippen LogP contribution in [0.25, 0.3) is 10.4 Å². The van der Waals surface area contributed by atoms with E-state index in [0.29, 0.717) is 61.3 Å². The van der Waals surface area contributed by atoms with E-state index in [4.69, 9.17) is 19.6 Å². The number of hydrogen-bond donors (Lipinski definition) is 3. The van der Waals surface area contributed by atoms with E-state index in [-0.39, 0.29) is 37.0 Å². The number of aliphatic hydroxyl groups excluding tert-OH is 2. The molecule has 3 N–H and O–H groups in total. The number of nitrogens with zero attached hydrogens (tertiary/aromatic N) is 4. The van der Waals surface area contributed by atoms with Gasteiger partial charge in [-0.15, -0.1) is 0 Å². The largest absolute Gasteiger partial charge is 0.494 e. The van der Waals surface area contributed by atoms with Gasteiger partial charge in [0.1, 0.15) is 5.75 Å². The third-order valence-electron chi connectivity index (χ3n) is 7.85. The lowest BCUT2D eigenvalue weighted by Gasteiger charge is -2.34. The highest BCUT2D eigenvalue weighted by Crippen LogP contribution is 2.46. The van der Waals surface area contributed by atoms with Crippen molar-refractivity contribution in [3.63, 3.8) is 0 Å². The molecule has 1 saturated carbocycles. The van der Waals surface area contributed by atoms with E-state index in [2.05, 4.69) is 31.3 Å². The Labute approximate surface area is 258 Å². The molecule has 224 valence electrons. The first-order valence-corrected chi connectivity index (χ1v) is 15.2. The molecule has 2 atom stereocenters. The van der Waals surface area contributed by atoms with Crippen LogP contribution in [0.3, 0.4) is 0 Å². The Morgan fingerprint density at radius 3 is 2.53 bits per heavy atom. The van der Waals surface area contributed by atoms with E-state index < -0.39 is 11.6 Å². The minimum atomic E-state index is -1.45. The summed E-state index contributed by atoms with van der Waals surface area (Å²) in [5, 5.41) is 26.2. The van der Waals surface area contributed by atoms with Gasteiger partial charge in [0.15, 0.2) is 11.6 Å². The summed E-state index contributed by atoms with van der Waals surface area (Å²) in [6, 6.07) is 21.9. The number of rotatable bonds is 11. The fourth-order valence-electron chi connectivity index (χ4n) is 5.57. The van der Waals surface area contributed by atoms with Gasteiger partial charge in [0.05, 0.1) is 12.7 Å². The summed E-state index contributed by atoms with van der Waals surface area (Å²) in [5.74, 6) is 0.617. The number of carbonyl (C=O) groups is 1. The summed E-state index contributed by atoms with van der Waals surface area (Å²) in [6.07, 6.45) is 2.01. The molecule has 43 heavy (non-hydrogen) atoms. The number of halogens is 1. The van der Waals surface area contributed by atoms with Crippen LogP contribution >= 0.6 is 15.9 Å². The minimum Gasteiger partial charge on any atom is -0.494 e. The topological polar surface area (TPSA) is 149 Å². The molecule has 1 amide bonds. The summed E-state index contributed by atoms with van der Waals surface area (Å²) in [5.41, 5.74) is 10.3. The standard InChI is InChI=1S/C32H34BrN5O5/c33-27-8-3-1-6-22(27)20-32(31(41)35-23-12-14-24(40)15-13-23)29(26-7-2-4-9-28(26)37-38-34)43-30(36-32)21-10-16-25(17-11-21)42-19-5-18-39/h1-4,6-11,16-17,23-24,29,39-40H,5,12-15,18-20H2,(H,35,41)/t23?,24?,29-,32-/m1/s1. The van der Waals surface area contributed by atoms with Gasteiger partial charge >= 0.3 is 0 Å². The number of ether oxygens (including phenoxy) is 2. The number of carbonyl (C=O) groups excluding carboxylic acids is 1. The van der Waals surface area contributed by atoms with Crippen molar-refractivity contribution in [3.05, 3.63) is 104 Å². The molecule has 1 heterocycles. The van der Waals surface area contributed by atoms with E-state index in [1.54, 1.807) is 30.3 Å². The lowest BCUT2D eigenvalue weighted by molar-refractivity contribution is -0.130. The van der Waals surface area contributed by atoms with Gasteiger partial charge < -0.3 is 25.0 Å². The second kappa shape index (κ2) is 14.1. The van der Waals surface area contributed by atoms with Crippen LogP contribution in [0, 0.1) is 0 Å². The summed E-state index contributed by atoms with van der Waals surface area (Å²) >= 11 is 3.65. The molecule has 0 aromatic heterocycles. The number of amides is 1. The molecule has 0 bridgehead atoms. The van der Waals surface area contributed by atoms with Crippen LogP contribution in [-0.4, -0.2) is 52.9 Å². The normalized spacial score (nSPS) is 23.0. The summed E-state index contributed by atoms with van der Waals surface area (Å²) in [7, 11) is 0. The van der Waals surface area contributed by atoms with Crippen molar-refractivity contribution in [1.29, 1.82) is 0 Å². The van der Waals surface area contributed by atoms with Gasteiger partial charge in [-0.05, 0) is 67.1 Å². The van der Waals surface area contributed by atoms with E-state index in [9.17, 15) is 15.4 Å². The first-order valence-electron chi connectivity index (χ1n) is 14.4. The smallest absolute Gasteiger partial charge is 0.252 e. The zero-order valence-electron chi connectivity index (χ0n) is 23.6. The first-order chi connectivity index (χ1) is 20.9. The molecule has 10 nitrogen and oxygen atoms in total. The Kier molecular flexibility index (Phi) is 9.99. The van der Waals surface area contributed by atoms with Crippen LogP contribution in [0.2, 0.25) is 0 Å². The molecule has 5 rings (SSSR count). The van der Waals surface area contributed by atoms with Crippen LogP contribution in [0.15, 0.2) is 87.4 Å². The molecule has 0 unspecified atom stereocenters. The molecule has 1 fully saturated rings. The van der Waals surface area contributed by atoms with Crippen LogP contribution in [0.4, 0.5) is 5.69 Å². The molecule has 0 radical (unpaired) electrons. The third-order valence-corrected chi connectivity index (χ3v) is 8.62. The molecule has 0 saturated heterocycles. The van der Waals surface area contributed by atoms with Gasteiger partial charge in [0.2, 0.25) is 5.90 Å². The van der Waals surface area contributed by atoms with Crippen molar-refractivity contribution >= 4 is 33.4 Å². The fourth-order valence-corrected chi connectivity index (χ4v) is 6.00. The molecular weight excluding hydrogens is 614 g/mol. The van der Waals surface area contributed by atoms with E-state index >= 15 is 0 Å². The Bertz CT molecular complexity index is 1500. The quantitative estimate of drug-likeness (QED) is 0.0999. The highest BCUT2D eigenvalue weighted by Gasteiger charge is 2.54. The van der Waals surface area contributed by atoms with Crippen molar-refractivity contribution in [1.82, 2.24) is 5.32 Å². The average Bonchev–Trinajstić information content (AvgIpc) is 3.41. The van der Waals surface area contributed by atoms with Gasteiger partial charge in [-0.1, -0.05) is 63.5 Å². The molecule has 0 spiro atoms. The number of aliphatic hydroxyl groups is 2. The second-order valence-corrected chi connectivity index (χ2v) is 11.6. The molecule has 11 heteroatoms. The molecule has 3 aromatic carbocycles. The monoisotopic (exact) mass is 647 g/mol. The number of nitrogens with one attached hydrogen (secondary N) is 1. The predicted octanol–water partition coefficient (Wildman–Crippen LogP) is 6.07. The van der Waals surface area contributed by atoms with Crippen LogP contribution in [0.5, 0.6) is 5.75 Å². The third kappa shape index (κ3) is 7.02. The second-order valence-electron chi connectivity index (χ2n) is 10.8. The van der Waals surface area contributed by atoms with Gasteiger partial charge in [0.25, 0.3) is 5.91 Å². The summed E-state index contributed by atoms with van der Waals surface area (Å²) < 4.78 is 13.1. The zero-order valence-corrected chi connectivity index (χ0v) is 25.2. The van der Waals surface area contributed by atoms with Gasteiger partial charge in [-0.25, -0.2) is 4.99 Å². The van der Waals surface area contributed by atoms with E-state index in [1.165, 1.54) is 0 Å². The molecule has 2 aliphatic rings. The highest BCUT2D eigenvalue weighted by atomic mass is 79.9. The van der Waals surface area contributed by atoms with Crippen LogP contribution < -0.4 is 10.1 Å². The highest BCUT2D eigenvalue weighted by molar-refractivity contribution is 9.10. The SMILES string of the molecule is [N-]=[N+]=Nc1ccccc1[C@H]1OC(c2ccc(OCCCO)cc2)=N[C@@]1(Cc1ccccc1Br)C(=O)NC1CCC(O)CC1. The molecule has 3 aromatic rings. The van der Waals surface area contributed by atoms with Crippen LogP contribution in [-0.2, 0) is 16.0 Å². The number of hydrogen-bond acceptors (Lipinski definition) is 7. The fraction of sp³-hybridized carbons (Fsp3) is 0.375. The number of benzene rings is 3. The number of azide groups is 1. The minimum absolute atomic E-state index is 0.0462. The average molecular weight is 649 g/mol. The van der Waals surface area contributed by atoms with E-state index in [1.807, 2.05) is 42.5 Å². The molecular formula is C32H34BrN5O5. The van der Waals surface area contributed by atoms with Crippen molar-refractivity contribution in [2.45, 2.75) is 62.3 Å².